The quantitative estimate of drug-likeness (QED) is 0.502. The molecule has 24 heavy (non-hydrogen) atoms. The average Bonchev–Trinajstić information content (AvgIpc) is 2.56. The number of rotatable bonds is 5. The molecule has 1 unspecified atom stereocenters. The van der Waals surface area contributed by atoms with Crippen LogP contribution in [0.1, 0.15) is 18.1 Å². The molecule has 0 aliphatic rings. The summed E-state index contributed by atoms with van der Waals surface area (Å²) in [6.07, 6.45) is -0.951. The molecule has 5 nitrogen and oxygen atoms in total. The van der Waals surface area contributed by atoms with Crippen molar-refractivity contribution in [2.24, 2.45) is 10.9 Å². The van der Waals surface area contributed by atoms with Crippen molar-refractivity contribution in [2.45, 2.75) is 20.0 Å². The van der Waals surface area contributed by atoms with Crippen LogP contribution in [0.4, 0.5) is 14.5 Å². The molecule has 0 aliphatic heterocycles. The zero-order chi connectivity index (χ0) is 17.7. The molecule has 7 heteroatoms. The van der Waals surface area contributed by atoms with E-state index in [9.17, 15) is 13.6 Å². The molecular formula is C17H17F2N3O2. The first-order valence-electron chi connectivity index (χ1n) is 7.19. The first-order chi connectivity index (χ1) is 11.4. The number of anilines is 1. The molecule has 0 radical (unpaired) electrons. The highest BCUT2D eigenvalue weighted by Gasteiger charge is 2.15. The van der Waals surface area contributed by atoms with Crippen molar-refractivity contribution in [1.82, 2.24) is 0 Å². The van der Waals surface area contributed by atoms with E-state index in [1.165, 1.54) is 37.3 Å². The summed E-state index contributed by atoms with van der Waals surface area (Å²) in [6.45, 7) is 3.10. The Morgan fingerprint density at radius 1 is 1.21 bits per heavy atom. The van der Waals surface area contributed by atoms with Gasteiger partial charge in [-0.15, -0.1) is 0 Å². The van der Waals surface area contributed by atoms with Crippen molar-refractivity contribution in [3.05, 3.63) is 65.2 Å². The summed E-state index contributed by atoms with van der Waals surface area (Å²) in [6, 6.07) is 9.71. The summed E-state index contributed by atoms with van der Waals surface area (Å²) in [5, 5.41) is 6.17. The number of hydrogen-bond acceptors (Lipinski definition) is 3. The Kier molecular flexibility index (Phi) is 5.47. The van der Waals surface area contributed by atoms with Gasteiger partial charge in [-0.3, -0.25) is 4.79 Å². The highest BCUT2D eigenvalue weighted by molar-refractivity contribution is 5.97. The maximum absolute atomic E-state index is 13.5. The summed E-state index contributed by atoms with van der Waals surface area (Å²) >= 11 is 0. The Morgan fingerprint density at radius 3 is 2.50 bits per heavy atom. The Labute approximate surface area is 138 Å². The van der Waals surface area contributed by atoms with Crippen molar-refractivity contribution in [3.8, 4) is 0 Å². The van der Waals surface area contributed by atoms with Crippen LogP contribution in [0.25, 0.3) is 0 Å². The van der Waals surface area contributed by atoms with Gasteiger partial charge in [-0.25, -0.2) is 8.78 Å². The second-order valence-corrected chi connectivity index (χ2v) is 5.18. The van der Waals surface area contributed by atoms with E-state index in [-0.39, 0.29) is 5.84 Å². The van der Waals surface area contributed by atoms with Crippen LogP contribution in [-0.4, -0.2) is 17.8 Å². The number of nitrogens with one attached hydrogen (secondary N) is 1. The fourth-order valence-corrected chi connectivity index (χ4v) is 1.77. The van der Waals surface area contributed by atoms with E-state index in [0.29, 0.717) is 16.8 Å². The molecule has 0 aliphatic carbocycles. The van der Waals surface area contributed by atoms with Crippen LogP contribution in [0.3, 0.4) is 0 Å². The number of carbonyl (C=O) groups excluding carboxylic acids is 1. The third kappa shape index (κ3) is 4.52. The maximum atomic E-state index is 13.5. The van der Waals surface area contributed by atoms with E-state index in [1.54, 1.807) is 19.1 Å². The van der Waals surface area contributed by atoms with Crippen LogP contribution in [-0.2, 0) is 9.63 Å². The molecule has 2 aromatic carbocycles. The molecule has 3 N–H and O–H groups in total. The van der Waals surface area contributed by atoms with Gasteiger partial charge in [0.05, 0.1) is 0 Å². The lowest BCUT2D eigenvalue weighted by atomic mass is 10.2. The molecule has 126 valence electrons. The number of amidine groups is 1. The zero-order valence-electron chi connectivity index (χ0n) is 13.2. The smallest absolute Gasteiger partial charge is 0.267 e. The lowest BCUT2D eigenvalue weighted by Gasteiger charge is -2.11. The second-order valence-electron chi connectivity index (χ2n) is 5.18. The maximum Gasteiger partial charge on any atom is 0.267 e. The van der Waals surface area contributed by atoms with E-state index in [2.05, 4.69) is 10.5 Å². The van der Waals surface area contributed by atoms with Crippen molar-refractivity contribution in [2.75, 3.05) is 5.32 Å². The fraction of sp³-hybridized carbons (Fsp3) is 0.176. The Bertz CT molecular complexity index is 761. The SMILES string of the molecule is Cc1ccc(NC(=O)C(C)O/N=C(\N)c2ccc(F)cc2)cc1F. The predicted molar refractivity (Wildman–Crippen MR) is 87.4 cm³/mol. The molecule has 0 bridgehead atoms. The molecule has 0 aromatic heterocycles. The largest absolute Gasteiger partial charge is 0.381 e. The van der Waals surface area contributed by atoms with Gasteiger partial charge in [-0.1, -0.05) is 11.2 Å². The zero-order valence-corrected chi connectivity index (χ0v) is 13.2. The molecule has 0 saturated heterocycles. The van der Waals surface area contributed by atoms with Gasteiger partial charge in [0.2, 0.25) is 6.10 Å². The second kappa shape index (κ2) is 7.54. The van der Waals surface area contributed by atoms with E-state index in [4.69, 9.17) is 10.6 Å². The summed E-state index contributed by atoms with van der Waals surface area (Å²) in [4.78, 5) is 17.0. The Balaban J connectivity index is 1.96. The number of aryl methyl sites for hydroxylation is 1. The van der Waals surface area contributed by atoms with Gasteiger partial charge < -0.3 is 15.9 Å². The highest BCUT2D eigenvalue weighted by atomic mass is 19.1. The standard InChI is InChI=1S/C17H17F2N3O2/c1-10-3-8-14(9-15(10)19)21-17(23)11(2)24-22-16(20)12-4-6-13(18)7-5-12/h3-9,11H,1-2H3,(H2,20,22)(H,21,23). The van der Waals surface area contributed by atoms with Gasteiger partial charge in [0.1, 0.15) is 11.6 Å². The number of oxime groups is 1. The number of benzene rings is 2. The van der Waals surface area contributed by atoms with E-state index in [0.717, 1.165) is 0 Å². The molecular weight excluding hydrogens is 316 g/mol. The summed E-state index contributed by atoms with van der Waals surface area (Å²) in [7, 11) is 0. The molecule has 1 amide bonds. The van der Waals surface area contributed by atoms with Crippen molar-refractivity contribution >= 4 is 17.4 Å². The van der Waals surface area contributed by atoms with Crippen LogP contribution in [0.2, 0.25) is 0 Å². The highest BCUT2D eigenvalue weighted by Crippen LogP contribution is 2.14. The number of halogens is 2. The monoisotopic (exact) mass is 333 g/mol. The summed E-state index contributed by atoms with van der Waals surface area (Å²) in [5.41, 5.74) is 6.96. The number of hydrogen-bond donors (Lipinski definition) is 2. The van der Waals surface area contributed by atoms with Crippen LogP contribution in [0.15, 0.2) is 47.6 Å². The summed E-state index contributed by atoms with van der Waals surface area (Å²) in [5.74, 6) is -1.31. The lowest BCUT2D eigenvalue weighted by molar-refractivity contribution is -0.126. The van der Waals surface area contributed by atoms with E-state index in [1.807, 2.05) is 0 Å². The predicted octanol–water partition coefficient (Wildman–Crippen LogP) is 2.94. The van der Waals surface area contributed by atoms with Gasteiger partial charge in [0.25, 0.3) is 5.91 Å². The van der Waals surface area contributed by atoms with Gasteiger partial charge in [-0.05, 0) is 55.8 Å². The van der Waals surface area contributed by atoms with Gasteiger partial charge >= 0.3 is 0 Å². The molecule has 2 aromatic rings. The molecule has 0 saturated carbocycles. The van der Waals surface area contributed by atoms with Crippen LogP contribution in [0.5, 0.6) is 0 Å². The van der Waals surface area contributed by atoms with Gasteiger partial charge in [0, 0.05) is 11.3 Å². The number of amides is 1. The lowest BCUT2D eigenvalue weighted by Crippen LogP contribution is -2.27. The van der Waals surface area contributed by atoms with Crippen LogP contribution >= 0.6 is 0 Å². The number of nitrogens with zero attached hydrogens (tertiary/aromatic N) is 1. The minimum absolute atomic E-state index is 0.0102. The van der Waals surface area contributed by atoms with Crippen molar-refractivity contribution in [1.29, 1.82) is 0 Å². The van der Waals surface area contributed by atoms with E-state index < -0.39 is 23.6 Å². The van der Waals surface area contributed by atoms with Gasteiger partial charge in [0.15, 0.2) is 5.84 Å². The molecule has 0 fully saturated rings. The topological polar surface area (TPSA) is 76.7 Å². The fourth-order valence-electron chi connectivity index (χ4n) is 1.77. The molecule has 0 heterocycles. The third-order valence-corrected chi connectivity index (χ3v) is 3.26. The number of carbonyl (C=O) groups is 1. The normalized spacial score (nSPS) is 12.6. The average molecular weight is 333 g/mol. The Morgan fingerprint density at radius 2 is 1.88 bits per heavy atom. The summed E-state index contributed by atoms with van der Waals surface area (Å²) < 4.78 is 26.3. The Hall–Kier alpha value is -2.96. The molecule has 2 rings (SSSR count). The molecule has 0 spiro atoms. The minimum atomic E-state index is -0.951. The minimum Gasteiger partial charge on any atom is -0.381 e. The first-order valence-corrected chi connectivity index (χ1v) is 7.19. The van der Waals surface area contributed by atoms with Crippen LogP contribution in [0, 0.1) is 18.6 Å². The van der Waals surface area contributed by atoms with Gasteiger partial charge in [-0.2, -0.15) is 0 Å². The van der Waals surface area contributed by atoms with E-state index >= 15 is 0 Å². The third-order valence-electron chi connectivity index (χ3n) is 3.26. The van der Waals surface area contributed by atoms with Crippen molar-refractivity contribution in [3.63, 3.8) is 0 Å². The first kappa shape index (κ1) is 17.4. The van der Waals surface area contributed by atoms with Crippen molar-refractivity contribution < 1.29 is 18.4 Å². The number of nitrogens with two attached hydrogens (primary N) is 1. The van der Waals surface area contributed by atoms with Crippen LogP contribution < -0.4 is 11.1 Å². The molecule has 1 atom stereocenters.